The first-order valence-electron chi connectivity index (χ1n) is 4.25. The summed E-state index contributed by atoms with van der Waals surface area (Å²) in [7, 11) is 0. The Balaban J connectivity index is 2.90. The molecule has 0 aliphatic carbocycles. The van der Waals surface area contributed by atoms with Crippen molar-refractivity contribution >= 4 is 17.8 Å². The molecule has 0 saturated carbocycles. The lowest BCUT2D eigenvalue weighted by Gasteiger charge is -2.30. The highest BCUT2D eigenvalue weighted by Crippen LogP contribution is 2.19. The molecule has 1 fully saturated rings. The van der Waals surface area contributed by atoms with Gasteiger partial charge in [0.05, 0.1) is 0 Å². The SMILES string of the molecule is CC(C)CC1(O)C(=O)NC(=O)NC1=O. The highest BCUT2D eigenvalue weighted by atomic mass is 16.3. The number of carbonyl (C=O) groups is 3. The largest absolute Gasteiger partial charge is 0.372 e. The zero-order chi connectivity index (χ0) is 10.9. The highest BCUT2D eigenvalue weighted by molar-refractivity contribution is 6.21. The third-order valence-electron chi connectivity index (χ3n) is 1.91. The molecule has 0 unspecified atom stereocenters. The summed E-state index contributed by atoms with van der Waals surface area (Å²) in [6.45, 7) is 3.52. The molecular formula is C8H12N2O4. The molecule has 78 valence electrons. The number of hydrogen-bond acceptors (Lipinski definition) is 4. The van der Waals surface area contributed by atoms with Gasteiger partial charge in [-0.25, -0.2) is 4.79 Å². The zero-order valence-corrected chi connectivity index (χ0v) is 7.96. The second kappa shape index (κ2) is 3.38. The summed E-state index contributed by atoms with van der Waals surface area (Å²) in [5.41, 5.74) is -2.12. The predicted molar refractivity (Wildman–Crippen MR) is 46.1 cm³/mol. The van der Waals surface area contributed by atoms with E-state index >= 15 is 0 Å². The standard InChI is InChI=1S/C8H12N2O4/c1-4(2)3-8(14)5(11)9-7(13)10-6(8)12/h4,14H,3H2,1-2H3,(H2,9,10,11,12,13). The number of imide groups is 2. The molecule has 0 aromatic heterocycles. The predicted octanol–water partition coefficient (Wildman–Crippen LogP) is -0.870. The van der Waals surface area contributed by atoms with Crippen molar-refractivity contribution in [1.29, 1.82) is 0 Å². The molecule has 6 heteroatoms. The van der Waals surface area contributed by atoms with Gasteiger partial charge in [-0.1, -0.05) is 13.8 Å². The summed E-state index contributed by atoms with van der Waals surface area (Å²) in [6, 6.07) is -0.895. The van der Waals surface area contributed by atoms with Crippen LogP contribution in [0.3, 0.4) is 0 Å². The van der Waals surface area contributed by atoms with Crippen LogP contribution in [0.25, 0.3) is 0 Å². The van der Waals surface area contributed by atoms with Crippen LogP contribution in [0.4, 0.5) is 4.79 Å². The maximum Gasteiger partial charge on any atom is 0.328 e. The van der Waals surface area contributed by atoms with Gasteiger partial charge in [0.1, 0.15) is 0 Å². The van der Waals surface area contributed by atoms with Gasteiger partial charge in [-0.15, -0.1) is 0 Å². The van der Waals surface area contributed by atoms with Crippen LogP contribution in [0.5, 0.6) is 0 Å². The lowest BCUT2D eigenvalue weighted by Crippen LogP contribution is -2.67. The molecular weight excluding hydrogens is 188 g/mol. The van der Waals surface area contributed by atoms with Crippen LogP contribution in [0.15, 0.2) is 0 Å². The van der Waals surface area contributed by atoms with Gasteiger partial charge in [0.15, 0.2) is 0 Å². The Morgan fingerprint density at radius 1 is 1.21 bits per heavy atom. The summed E-state index contributed by atoms with van der Waals surface area (Å²) in [5, 5.41) is 13.4. The van der Waals surface area contributed by atoms with Crippen LogP contribution in [0, 0.1) is 5.92 Å². The van der Waals surface area contributed by atoms with E-state index in [4.69, 9.17) is 0 Å². The average molecular weight is 200 g/mol. The second-order valence-electron chi connectivity index (χ2n) is 3.70. The summed E-state index contributed by atoms with van der Waals surface area (Å²) < 4.78 is 0. The maximum absolute atomic E-state index is 11.2. The lowest BCUT2D eigenvalue weighted by atomic mass is 9.89. The van der Waals surface area contributed by atoms with E-state index < -0.39 is 23.4 Å². The monoisotopic (exact) mass is 200 g/mol. The first-order valence-corrected chi connectivity index (χ1v) is 4.25. The Kier molecular flexibility index (Phi) is 2.57. The number of amides is 4. The van der Waals surface area contributed by atoms with Gasteiger partial charge in [-0.3, -0.25) is 20.2 Å². The van der Waals surface area contributed by atoms with E-state index in [-0.39, 0.29) is 12.3 Å². The molecule has 1 rings (SSSR count). The van der Waals surface area contributed by atoms with Gasteiger partial charge in [-0.2, -0.15) is 0 Å². The van der Waals surface area contributed by atoms with Crippen LogP contribution in [-0.2, 0) is 9.59 Å². The minimum atomic E-state index is -2.12. The molecule has 3 N–H and O–H groups in total. The number of aliphatic hydroxyl groups is 1. The quantitative estimate of drug-likeness (QED) is 0.505. The second-order valence-corrected chi connectivity index (χ2v) is 3.70. The molecule has 1 aliphatic heterocycles. The van der Waals surface area contributed by atoms with Crippen LogP contribution >= 0.6 is 0 Å². The van der Waals surface area contributed by atoms with Gasteiger partial charge >= 0.3 is 6.03 Å². The summed E-state index contributed by atoms with van der Waals surface area (Å²) in [6.07, 6.45) is -0.0159. The molecule has 1 aliphatic rings. The molecule has 0 atom stereocenters. The smallest absolute Gasteiger partial charge is 0.328 e. The van der Waals surface area contributed by atoms with Crippen LogP contribution in [0.2, 0.25) is 0 Å². The van der Waals surface area contributed by atoms with Crippen LogP contribution in [-0.4, -0.2) is 28.6 Å². The van der Waals surface area contributed by atoms with Crippen molar-refractivity contribution in [1.82, 2.24) is 10.6 Å². The summed E-state index contributed by atoms with van der Waals surface area (Å²) >= 11 is 0. The Bertz CT molecular complexity index is 278. The molecule has 0 radical (unpaired) electrons. The van der Waals surface area contributed by atoms with Gasteiger partial charge in [0.25, 0.3) is 11.8 Å². The molecule has 6 nitrogen and oxygen atoms in total. The van der Waals surface area contributed by atoms with E-state index in [9.17, 15) is 19.5 Å². The van der Waals surface area contributed by atoms with Gasteiger partial charge in [0.2, 0.25) is 5.60 Å². The van der Waals surface area contributed by atoms with Crippen LogP contribution < -0.4 is 10.6 Å². The average Bonchev–Trinajstić information content (AvgIpc) is 1.99. The van der Waals surface area contributed by atoms with E-state index in [1.165, 1.54) is 0 Å². The van der Waals surface area contributed by atoms with E-state index in [0.717, 1.165) is 0 Å². The van der Waals surface area contributed by atoms with Crippen molar-refractivity contribution in [3.63, 3.8) is 0 Å². The van der Waals surface area contributed by atoms with E-state index in [1.807, 2.05) is 10.6 Å². The molecule has 1 saturated heterocycles. The highest BCUT2D eigenvalue weighted by Gasteiger charge is 2.48. The molecule has 0 aromatic rings. The van der Waals surface area contributed by atoms with Crippen molar-refractivity contribution in [3.8, 4) is 0 Å². The molecule has 0 spiro atoms. The fourth-order valence-corrected chi connectivity index (χ4v) is 1.32. The molecule has 0 bridgehead atoms. The number of rotatable bonds is 2. The number of urea groups is 1. The summed E-state index contributed by atoms with van der Waals surface area (Å²) in [4.78, 5) is 33.1. The van der Waals surface area contributed by atoms with Crippen LogP contribution in [0.1, 0.15) is 20.3 Å². The zero-order valence-electron chi connectivity index (χ0n) is 7.96. The van der Waals surface area contributed by atoms with Crippen molar-refractivity contribution in [3.05, 3.63) is 0 Å². The molecule has 0 aromatic carbocycles. The molecule has 14 heavy (non-hydrogen) atoms. The first-order chi connectivity index (χ1) is 6.36. The van der Waals surface area contributed by atoms with E-state index in [1.54, 1.807) is 13.8 Å². The van der Waals surface area contributed by atoms with Gasteiger partial charge in [0, 0.05) is 0 Å². The Hall–Kier alpha value is -1.43. The topological polar surface area (TPSA) is 95.5 Å². The summed E-state index contributed by atoms with van der Waals surface area (Å²) in [5.74, 6) is -1.95. The Morgan fingerprint density at radius 2 is 1.64 bits per heavy atom. The maximum atomic E-state index is 11.2. The van der Waals surface area contributed by atoms with Gasteiger partial charge < -0.3 is 5.11 Å². The fraction of sp³-hybridized carbons (Fsp3) is 0.625. The van der Waals surface area contributed by atoms with Crippen molar-refractivity contribution in [2.45, 2.75) is 25.9 Å². The number of barbiturate groups is 1. The van der Waals surface area contributed by atoms with Crippen molar-refractivity contribution in [2.75, 3.05) is 0 Å². The van der Waals surface area contributed by atoms with E-state index in [0.29, 0.717) is 0 Å². The Morgan fingerprint density at radius 3 is 2.00 bits per heavy atom. The normalized spacial score (nSPS) is 20.7. The number of nitrogens with one attached hydrogen (secondary N) is 2. The molecule has 1 heterocycles. The first kappa shape index (κ1) is 10.6. The van der Waals surface area contributed by atoms with E-state index in [2.05, 4.69) is 0 Å². The number of carbonyl (C=O) groups excluding carboxylic acids is 3. The lowest BCUT2D eigenvalue weighted by molar-refractivity contribution is -0.156. The minimum Gasteiger partial charge on any atom is -0.372 e. The molecule has 4 amide bonds. The van der Waals surface area contributed by atoms with Gasteiger partial charge in [-0.05, 0) is 12.3 Å². The fourth-order valence-electron chi connectivity index (χ4n) is 1.32. The number of hydrogen-bond donors (Lipinski definition) is 3. The Labute approximate surface area is 80.7 Å². The minimum absolute atomic E-state index is 0.0159. The van der Waals surface area contributed by atoms with Crippen molar-refractivity contribution in [2.24, 2.45) is 5.92 Å². The van der Waals surface area contributed by atoms with Crippen molar-refractivity contribution < 1.29 is 19.5 Å². The third-order valence-corrected chi connectivity index (χ3v) is 1.91. The third kappa shape index (κ3) is 1.74.